The van der Waals surface area contributed by atoms with Crippen molar-refractivity contribution < 1.29 is 0 Å². The van der Waals surface area contributed by atoms with Crippen molar-refractivity contribution in [2.45, 2.75) is 19.8 Å². The van der Waals surface area contributed by atoms with E-state index in [-0.39, 0.29) is 0 Å². The minimum atomic E-state index is 0.295. The van der Waals surface area contributed by atoms with Gasteiger partial charge in [0.1, 0.15) is 23.8 Å². The number of hydrogen-bond donors (Lipinski definition) is 2. The zero-order chi connectivity index (χ0) is 14.1. The molecular formula is C13H15N7. The van der Waals surface area contributed by atoms with Crippen LogP contribution in [0.2, 0.25) is 0 Å². The molecule has 0 bridgehead atoms. The summed E-state index contributed by atoms with van der Waals surface area (Å²) in [6.45, 7) is 2.69. The molecule has 3 N–H and O–H groups in total. The Morgan fingerprint density at radius 3 is 2.95 bits per heavy atom. The van der Waals surface area contributed by atoms with Gasteiger partial charge in [-0.25, -0.2) is 9.97 Å². The molecule has 1 fully saturated rings. The molecule has 2 heterocycles. The number of nitrogen functional groups attached to an aromatic ring is 1. The lowest BCUT2D eigenvalue weighted by Gasteiger charge is -2.02. The highest BCUT2D eigenvalue weighted by Gasteiger charge is 2.23. The number of nitrogens with two attached hydrogens (primary N) is 1. The van der Waals surface area contributed by atoms with Gasteiger partial charge in [-0.3, -0.25) is 0 Å². The van der Waals surface area contributed by atoms with Crippen molar-refractivity contribution in [3.05, 3.63) is 23.7 Å². The minimum absolute atomic E-state index is 0.295. The zero-order valence-electron chi connectivity index (χ0n) is 11.2. The summed E-state index contributed by atoms with van der Waals surface area (Å²) in [7, 11) is 0. The molecule has 1 aliphatic carbocycles. The van der Waals surface area contributed by atoms with E-state index in [0.717, 1.165) is 12.2 Å². The van der Waals surface area contributed by atoms with Crippen LogP contribution >= 0.6 is 0 Å². The Hall–Kier alpha value is -2.62. The summed E-state index contributed by atoms with van der Waals surface area (Å²) in [4.78, 5) is 8.18. The van der Waals surface area contributed by atoms with Gasteiger partial charge in [-0.05, 0) is 25.7 Å². The first-order valence-corrected chi connectivity index (χ1v) is 6.50. The van der Waals surface area contributed by atoms with Gasteiger partial charge in [0.15, 0.2) is 11.6 Å². The molecule has 0 aromatic carbocycles. The third-order valence-electron chi connectivity index (χ3n) is 3.29. The second-order valence-electron chi connectivity index (χ2n) is 4.97. The topological polar surface area (TPSA) is 105 Å². The molecule has 0 aliphatic heterocycles. The van der Waals surface area contributed by atoms with Gasteiger partial charge in [-0.2, -0.15) is 9.94 Å². The maximum Gasteiger partial charge on any atom is 0.168 e. The van der Waals surface area contributed by atoms with E-state index in [9.17, 15) is 5.26 Å². The molecule has 1 aliphatic rings. The minimum Gasteiger partial charge on any atom is -0.382 e. The van der Waals surface area contributed by atoms with Gasteiger partial charge in [0, 0.05) is 18.3 Å². The van der Waals surface area contributed by atoms with Crippen LogP contribution in [0.5, 0.6) is 0 Å². The summed E-state index contributed by atoms with van der Waals surface area (Å²) in [5.41, 5.74) is 7.17. The van der Waals surface area contributed by atoms with Crippen molar-refractivity contribution in [3.8, 4) is 11.9 Å². The van der Waals surface area contributed by atoms with Gasteiger partial charge >= 0.3 is 0 Å². The van der Waals surface area contributed by atoms with Crippen molar-refractivity contribution >= 4 is 11.6 Å². The number of rotatable bonds is 4. The van der Waals surface area contributed by atoms with Gasteiger partial charge in [0.25, 0.3) is 0 Å². The number of aromatic nitrogens is 4. The number of nitriles is 1. The van der Waals surface area contributed by atoms with Crippen LogP contribution in [0.25, 0.3) is 5.82 Å². The van der Waals surface area contributed by atoms with E-state index in [1.807, 2.05) is 6.92 Å². The molecule has 2 aromatic heterocycles. The Balaban J connectivity index is 1.96. The van der Waals surface area contributed by atoms with Crippen LogP contribution < -0.4 is 11.1 Å². The quantitative estimate of drug-likeness (QED) is 0.865. The number of aryl methyl sites for hydroxylation is 1. The largest absolute Gasteiger partial charge is 0.382 e. The standard InChI is InChI=1S/C13H15N7/c1-8-4-11(18-7-17-8)20-12(15)10(5-14)13(19-20)16-6-9-2-3-9/h4,7,9H,2-3,6,15H2,1H3,(H,16,19). The van der Waals surface area contributed by atoms with Crippen LogP contribution in [0.4, 0.5) is 11.6 Å². The van der Waals surface area contributed by atoms with E-state index < -0.39 is 0 Å². The fourth-order valence-electron chi connectivity index (χ4n) is 1.96. The van der Waals surface area contributed by atoms with Gasteiger partial charge in [-0.1, -0.05) is 0 Å². The molecule has 20 heavy (non-hydrogen) atoms. The molecular weight excluding hydrogens is 254 g/mol. The molecule has 3 rings (SSSR count). The molecule has 0 atom stereocenters. The first-order valence-electron chi connectivity index (χ1n) is 6.50. The van der Waals surface area contributed by atoms with Crippen molar-refractivity contribution in [2.24, 2.45) is 5.92 Å². The highest BCUT2D eigenvalue weighted by Crippen LogP contribution is 2.30. The predicted molar refractivity (Wildman–Crippen MR) is 74.2 cm³/mol. The number of nitrogens with one attached hydrogen (secondary N) is 1. The zero-order valence-corrected chi connectivity index (χ0v) is 11.2. The Bertz CT molecular complexity index is 679. The lowest BCUT2D eigenvalue weighted by Crippen LogP contribution is -2.06. The van der Waals surface area contributed by atoms with Crippen molar-refractivity contribution in [1.29, 1.82) is 5.26 Å². The van der Waals surface area contributed by atoms with Crippen LogP contribution in [0.15, 0.2) is 12.4 Å². The molecule has 2 aromatic rings. The number of anilines is 2. The third-order valence-corrected chi connectivity index (χ3v) is 3.29. The summed E-state index contributed by atoms with van der Waals surface area (Å²) in [5, 5.41) is 16.8. The van der Waals surface area contributed by atoms with E-state index in [0.29, 0.717) is 28.9 Å². The smallest absolute Gasteiger partial charge is 0.168 e. The van der Waals surface area contributed by atoms with E-state index in [1.165, 1.54) is 23.9 Å². The van der Waals surface area contributed by atoms with E-state index in [1.54, 1.807) is 6.07 Å². The summed E-state index contributed by atoms with van der Waals surface area (Å²) >= 11 is 0. The van der Waals surface area contributed by atoms with Gasteiger partial charge in [0.2, 0.25) is 0 Å². The first-order chi connectivity index (χ1) is 9.69. The number of nitrogens with zero attached hydrogens (tertiary/aromatic N) is 5. The van der Waals surface area contributed by atoms with Crippen molar-refractivity contribution in [3.63, 3.8) is 0 Å². The Kier molecular flexibility index (Phi) is 2.99. The molecule has 102 valence electrons. The molecule has 0 unspecified atom stereocenters. The van der Waals surface area contributed by atoms with E-state index in [2.05, 4.69) is 26.5 Å². The molecule has 0 amide bonds. The third kappa shape index (κ3) is 2.28. The summed E-state index contributed by atoms with van der Waals surface area (Å²) < 4.78 is 1.47. The van der Waals surface area contributed by atoms with Crippen LogP contribution in [-0.2, 0) is 0 Å². The van der Waals surface area contributed by atoms with E-state index in [4.69, 9.17) is 5.73 Å². The predicted octanol–water partition coefficient (Wildman–Crippen LogP) is 1.25. The lowest BCUT2D eigenvalue weighted by atomic mass is 10.3. The number of hydrogen-bond acceptors (Lipinski definition) is 6. The first kappa shape index (κ1) is 12.4. The molecule has 0 saturated heterocycles. The van der Waals surface area contributed by atoms with Gasteiger partial charge in [0.05, 0.1) is 0 Å². The second kappa shape index (κ2) is 4.81. The summed E-state index contributed by atoms with van der Waals surface area (Å²) in [5.74, 6) is 2.07. The average molecular weight is 269 g/mol. The normalized spacial score (nSPS) is 14.0. The monoisotopic (exact) mass is 269 g/mol. The van der Waals surface area contributed by atoms with Crippen LogP contribution in [0.1, 0.15) is 24.1 Å². The lowest BCUT2D eigenvalue weighted by molar-refractivity contribution is 0.830. The van der Waals surface area contributed by atoms with Crippen LogP contribution in [-0.4, -0.2) is 26.3 Å². The second-order valence-corrected chi connectivity index (χ2v) is 4.97. The fourth-order valence-corrected chi connectivity index (χ4v) is 1.96. The molecule has 7 heteroatoms. The maximum absolute atomic E-state index is 9.24. The van der Waals surface area contributed by atoms with Crippen LogP contribution in [0.3, 0.4) is 0 Å². The maximum atomic E-state index is 9.24. The highest BCUT2D eigenvalue weighted by molar-refractivity contribution is 5.65. The summed E-state index contributed by atoms with van der Waals surface area (Å²) in [6.07, 6.45) is 3.92. The Morgan fingerprint density at radius 2 is 2.30 bits per heavy atom. The van der Waals surface area contributed by atoms with Crippen molar-refractivity contribution in [2.75, 3.05) is 17.6 Å². The molecule has 0 spiro atoms. The Labute approximate surface area is 116 Å². The summed E-state index contributed by atoms with van der Waals surface area (Å²) in [6, 6.07) is 3.87. The molecule has 7 nitrogen and oxygen atoms in total. The Morgan fingerprint density at radius 1 is 1.50 bits per heavy atom. The highest BCUT2D eigenvalue weighted by atomic mass is 15.4. The molecule has 0 radical (unpaired) electrons. The van der Waals surface area contributed by atoms with Gasteiger partial charge in [-0.15, -0.1) is 5.10 Å². The average Bonchev–Trinajstić information content (AvgIpc) is 3.20. The van der Waals surface area contributed by atoms with Gasteiger partial charge < -0.3 is 11.1 Å². The SMILES string of the molecule is Cc1cc(-n2nc(NCC3CC3)c(C#N)c2N)ncn1. The van der Waals surface area contributed by atoms with E-state index >= 15 is 0 Å². The molecule has 1 saturated carbocycles. The van der Waals surface area contributed by atoms with Crippen molar-refractivity contribution in [1.82, 2.24) is 19.7 Å². The van der Waals surface area contributed by atoms with Crippen LogP contribution in [0, 0.1) is 24.2 Å². The fraction of sp³-hybridized carbons (Fsp3) is 0.385.